The first-order valence-corrected chi connectivity index (χ1v) is 13.3. The number of benzene rings is 2. The highest BCUT2D eigenvalue weighted by atomic mass is 32.2. The van der Waals surface area contributed by atoms with Gasteiger partial charge >= 0.3 is 5.97 Å². The van der Waals surface area contributed by atoms with Gasteiger partial charge in [-0.1, -0.05) is 60.7 Å². The van der Waals surface area contributed by atoms with Crippen LogP contribution in [0.3, 0.4) is 0 Å². The number of hydrogen-bond donors (Lipinski definition) is 2. The summed E-state index contributed by atoms with van der Waals surface area (Å²) in [7, 11) is -3.41. The van der Waals surface area contributed by atoms with Gasteiger partial charge in [0.25, 0.3) is 0 Å². The van der Waals surface area contributed by atoms with Gasteiger partial charge in [0.05, 0.1) is 6.61 Å². The molecule has 0 radical (unpaired) electrons. The molecule has 0 heterocycles. The average Bonchev–Trinajstić information content (AvgIpc) is 2.74. The van der Waals surface area contributed by atoms with Crippen LogP contribution in [-0.4, -0.2) is 32.3 Å². The maximum absolute atomic E-state index is 14.1. The van der Waals surface area contributed by atoms with Crippen LogP contribution in [0.2, 0.25) is 0 Å². The minimum absolute atomic E-state index is 0.0675. The molecular weight excluding hydrogens is 433 g/mol. The summed E-state index contributed by atoms with van der Waals surface area (Å²) in [5, 5.41) is 9.20. The van der Waals surface area contributed by atoms with Crippen molar-refractivity contribution in [3.63, 3.8) is 0 Å². The molecule has 3 atom stereocenters. The summed E-state index contributed by atoms with van der Waals surface area (Å²) in [5.41, 5.74) is 1.89. The van der Waals surface area contributed by atoms with Crippen molar-refractivity contribution in [2.24, 2.45) is 0 Å². The second kappa shape index (κ2) is 11.8. The molecule has 0 aliphatic rings. The molecule has 2 N–H and O–H groups in total. The summed E-state index contributed by atoms with van der Waals surface area (Å²) >= 11 is -1.52. The van der Waals surface area contributed by atoms with Gasteiger partial charge < -0.3 is 14.2 Å². The molecule has 0 bridgehead atoms. The Labute approximate surface area is 188 Å². The van der Waals surface area contributed by atoms with E-state index in [1.165, 1.54) is 0 Å². The van der Waals surface area contributed by atoms with Gasteiger partial charge in [0.15, 0.2) is 0 Å². The number of aliphatic carboxylic acids is 1. The maximum Gasteiger partial charge on any atom is 0.303 e. The Kier molecular flexibility index (Phi) is 9.79. The van der Waals surface area contributed by atoms with E-state index in [0.29, 0.717) is 6.42 Å². The molecule has 31 heavy (non-hydrogen) atoms. The van der Waals surface area contributed by atoms with Gasteiger partial charge in [0.1, 0.15) is 10.5 Å². The summed E-state index contributed by atoms with van der Waals surface area (Å²) in [6, 6.07) is 19.1. The highest BCUT2D eigenvalue weighted by Crippen LogP contribution is 2.54. The third kappa shape index (κ3) is 8.79. The number of rotatable bonds is 12. The van der Waals surface area contributed by atoms with Crippen LogP contribution in [0.5, 0.6) is 0 Å². The molecule has 0 spiro atoms. The molecule has 0 fully saturated rings. The van der Waals surface area contributed by atoms with E-state index >= 15 is 0 Å². The van der Waals surface area contributed by atoms with Gasteiger partial charge in [0.2, 0.25) is 7.37 Å². The quantitative estimate of drug-likeness (QED) is 0.339. The van der Waals surface area contributed by atoms with Crippen LogP contribution in [0.4, 0.5) is 0 Å². The minimum atomic E-state index is -3.41. The molecule has 8 heteroatoms. The summed E-state index contributed by atoms with van der Waals surface area (Å²) in [5.74, 6) is -1.82. The lowest BCUT2D eigenvalue weighted by Crippen LogP contribution is -2.45. The predicted octanol–water partition coefficient (Wildman–Crippen LogP) is 4.97. The van der Waals surface area contributed by atoms with Crippen molar-refractivity contribution in [1.29, 1.82) is 0 Å². The Morgan fingerprint density at radius 2 is 1.65 bits per heavy atom. The third-order valence-electron chi connectivity index (χ3n) is 4.75. The molecule has 0 saturated carbocycles. The summed E-state index contributed by atoms with van der Waals surface area (Å²) in [4.78, 5) is 11.2. The summed E-state index contributed by atoms with van der Waals surface area (Å²) in [6.07, 6.45) is 0.615. The van der Waals surface area contributed by atoms with Crippen molar-refractivity contribution >= 4 is 24.7 Å². The topological polar surface area (TPSA) is 98.7 Å². The lowest BCUT2D eigenvalue weighted by atomic mass is 10.2. The molecule has 2 aromatic rings. The first kappa shape index (κ1) is 25.6. The van der Waals surface area contributed by atoms with E-state index in [1.54, 1.807) is 0 Å². The SMILES string of the molecule is CC(C)(C)[S@@+]([O-])N[C@H](CCC(=O)O)P(=O)(CCc1ccccc1)OCc1ccccc1. The van der Waals surface area contributed by atoms with E-state index in [1.807, 2.05) is 81.4 Å². The molecule has 0 aliphatic heterocycles. The zero-order chi connectivity index (χ0) is 22.9. The molecule has 6 nitrogen and oxygen atoms in total. The van der Waals surface area contributed by atoms with Crippen LogP contribution in [0.15, 0.2) is 60.7 Å². The van der Waals surface area contributed by atoms with Gasteiger partial charge in [-0.05, 0) is 44.7 Å². The van der Waals surface area contributed by atoms with Crippen molar-refractivity contribution in [3.05, 3.63) is 71.8 Å². The molecule has 170 valence electrons. The second-order valence-electron chi connectivity index (χ2n) is 8.39. The summed E-state index contributed by atoms with van der Waals surface area (Å²) < 4.78 is 35.3. The van der Waals surface area contributed by atoms with Gasteiger partial charge in [-0.3, -0.25) is 9.36 Å². The molecular formula is C23H32NO5PS. The van der Waals surface area contributed by atoms with Crippen LogP contribution < -0.4 is 4.72 Å². The molecule has 0 saturated heterocycles. The number of hydrogen-bond acceptors (Lipinski definition) is 5. The Bertz CT molecular complexity index is 810. The fraction of sp³-hybridized carbons (Fsp3) is 0.435. The van der Waals surface area contributed by atoms with Crippen LogP contribution in [0.25, 0.3) is 0 Å². The fourth-order valence-electron chi connectivity index (χ4n) is 2.89. The highest BCUT2D eigenvalue weighted by Gasteiger charge is 2.40. The zero-order valence-electron chi connectivity index (χ0n) is 18.3. The highest BCUT2D eigenvalue weighted by molar-refractivity contribution is 7.91. The first-order valence-electron chi connectivity index (χ1n) is 10.3. The molecule has 2 rings (SSSR count). The predicted molar refractivity (Wildman–Crippen MR) is 126 cm³/mol. The first-order chi connectivity index (χ1) is 14.6. The maximum atomic E-state index is 14.1. The number of carboxylic acid groups (broad SMARTS) is 1. The van der Waals surface area contributed by atoms with Crippen molar-refractivity contribution in [2.75, 3.05) is 6.16 Å². The van der Waals surface area contributed by atoms with E-state index in [-0.39, 0.29) is 25.6 Å². The number of nitrogens with one attached hydrogen (secondary N) is 1. The van der Waals surface area contributed by atoms with Crippen LogP contribution >= 0.6 is 7.37 Å². The minimum Gasteiger partial charge on any atom is -0.598 e. The zero-order valence-corrected chi connectivity index (χ0v) is 20.0. The van der Waals surface area contributed by atoms with E-state index in [4.69, 9.17) is 4.52 Å². The number of aryl methyl sites for hydroxylation is 1. The fourth-order valence-corrected chi connectivity index (χ4v) is 6.62. The monoisotopic (exact) mass is 465 g/mol. The van der Waals surface area contributed by atoms with Gasteiger partial charge in [-0.15, -0.1) is 4.72 Å². The van der Waals surface area contributed by atoms with Gasteiger partial charge in [-0.25, -0.2) is 0 Å². The van der Waals surface area contributed by atoms with E-state index in [2.05, 4.69) is 4.72 Å². The number of carbonyl (C=O) groups is 1. The largest absolute Gasteiger partial charge is 0.598 e. The van der Waals surface area contributed by atoms with E-state index < -0.39 is 35.2 Å². The average molecular weight is 466 g/mol. The standard InChI is InChI=1S/C23H32NO5PS/c1-23(2,3)31(28)24-21(14-15-22(25)26)30(27,17-16-19-10-6-4-7-11-19)29-18-20-12-8-5-9-13-20/h4-13,21,24H,14-18H2,1-3H3,(H,25,26)/t21-,30?,31+/m0/s1. The Balaban J connectivity index is 2.27. The smallest absolute Gasteiger partial charge is 0.303 e. The summed E-state index contributed by atoms with van der Waals surface area (Å²) in [6.45, 7) is 5.57. The number of carboxylic acids is 1. The Morgan fingerprint density at radius 1 is 1.10 bits per heavy atom. The van der Waals surface area contributed by atoms with Crippen molar-refractivity contribution in [3.8, 4) is 0 Å². The molecule has 0 aromatic heterocycles. The van der Waals surface area contributed by atoms with Crippen molar-refractivity contribution < 1.29 is 23.5 Å². The van der Waals surface area contributed by atoms with Gasteiger partial charge in [-0.2, -0.15) is 0 Å². The van der Waals surface area contributed by atoms with Crippen LogP contribution in [0.1, 0.15) is 44.7 Å². The Hall–Kier alpha value is -1.63. The van der Waals surface area contributed by atoms with Crippen molar-refractivity contribution in [1.82, 2.24) is 4.72 Å². The Morgan fingerprint density at radius 3 is 2.16 bits per heavy atom. The normalized spacial score (nSPS) is 15.7. The van der Waals surface area contributed by atoms with E-state index in [0.717, 1.165) is 11.1 Å². The molecule has 1 unspecified atom stereocenters. The lowest BCUT2D eigenvalue weighted by Gasteiger charge is -2.32. The molecule has 0 amide bonds. The van der Waals surface area contributed by atoms with Crippen molar-refractivity contribution in [2.45, 2.75) is 57.2 Å². The molecule has 2 aromatic carbocycles. The third-order valence-corrected chi connectivity index (χ3v) is 9.29. The second-order valence-corrected chi connectivity index (χ2v) is 13.2. The van der Waals surface area contributed by atoms with E-state index in [9.17, 15) is 19.0 Å². The lowest BCUT2D eigenvalue weighted by molar-refractivity contribution is -0.137. The van der Waals surface area contributed by atoms with Crippen LogP contribution in [-0.2, 0) is 38.3 Å². The van der Waals surface area contributed by atoms with Crippen LogP contribution in [0, 0.1) is 0 Å². The molecule has 0 aliphatic carbocycles. The van der Waals surface area contributed by atoms with Gasteiger partial charge in [0, 0.05) is 23.9 Å².